The van der Waals surface area contributed by atoms with E-state index in [-0.39, 0.29) is 24.7 Å². The molecule has 1 atom stereocenters. The van der Waals surface area contributed by atoms with Crippen molar-refractivity contribution in [3.8, 4) is 0 Å². The zero-order valence-corrected chi connectivity index (χ0v) is 13.7. The standard InChI is InChI=1S/C14H22F2N4O.ClH/c1-9-12(10(2)20(19-9)14(15)16)6-13(21)18-8-11-4-3-5-17-7-11;/h11,14,17H,3-8H2,1-2H3,(H,18,21);1H. The van der Waals surface area contributed by atoms with Crippen LogP contribution in [0.4, 0.5) is 8.78 Å². The van der Waals surface area contributed by atoms with E-state index in [1.807, 2.05) is 0 Å². The topological polar surface area (TPSA) is 59.0 Å². The van der Waals surface area contributed by atoms with E-state index in [2.05, 4.69) is 15.7 Å². The fourth-order valence-corrected chi connectivity index (χ4v) is 2.72. The minimum absolute atomic E-state index is 0. The average molecular weight is 337 g/mol. The number of aromatic nitrogens is 2. The first-order chi connectivity index (χ1) is 9.99. The van der Waals surface area contributed by atoms with E-state index in [4.69, 9.17) is 0 Å². The number of aryl methyl sites for hydroxylation is 1. The summed E-state index contributed by atoms with van der Waals surface area (Å²) >= 11 is 0. The Bertz CT molecular complexity index is 501. The molecule has 0 radical (unpaired) electrons. The number of rotatable bonds is 5. The zero-order chi connectivity index (χ0) is 15.4. The highest BCUT2D eigenvalue weighted by atomic mass is 35.5. The fraction of sp³-hybridized carbons (Fsp3) is 0.714. The smallest absolute Gasteiger partial charge is 0.333 e. The Kier molecular flexibility index (Phi) is 7.22. The number of nitrogens with zero attached hydrogens (tertiary/aromatic N) is 2. The molecule has 1 aromatic rings. The number of hydrogen-bond donors (Lipinski definition) is 2. The van der Waals surface area contributed by atoms with Gasteiger partial charge in [0.2, 0.25) is 5.91 Å². The van der Waals surface area contributed by atoms with E-state index in [0.717, 1.165) is 25.9 Å². The summed E-state index contributed by atoms with van der Waals surface area (Å²) in [5.41, 5.74) is 1.44. The summed E-state index contributed by atoms with van der Waals surface area (Å²) in [4.78, 5) is 12.0. The molecule has 0 aromatic carbocycles. The molecule has 1 aliphatic heterocycles. The number of carbonyl (C=O) groups is 1. The van der Waals surface area contributed by atoms with E-state index in [0.29, 0.717) is 34.1 Å². The molecule has 1 saturated heterocycles. The van der Waals surface area contributed by atoms with Crippen LogP contribution in [0.15, 0.2) is 0 Å². The molecule has 2 rings (SSSR count). The van der Waals surface area contributed by atoms with Gasteiger partial charge in [0.05, 0.1) is 12.1 Å². The van der Waals surface area contributed by atoms with Crippen molar-refractivity contribution in [2.45, 2.75) is 39.7 Å². The molecule has 0 bridgehead atoms. The lowest BCUT2D eigenvalue weighted by Crippen LogP contribution is -2.38. The molecule has 1 amide bonds. The molecule has 1 fully saturated rings. The van der Waals surface area contributed by atoms with E-state index < -0.39 is 6.55 Å². The molecule has 126 valence electrons. The third kappa shape index (κ3) is 4.64. The maximum atomic E-state index is 12.7. The molecular formula is C14H23ClF2N4O. The lowest BCUT2D eigenvalue weighted by Gasteiger charge is -2.22. The van der Waals surface area contributed by atoms with Crippen molar-refractivity contribution >= 4 is 18.3 Å². The van der Waals surface area contributed by atoms with Gasteiger partial charge in [-0.2, -0.15) is 13.9 Å². The van der Waals surface area contributed by atoms with E-state index in [1.54, 1.807) is 13.8 Å². The van der Waals surface area contributed by atoms with Crippen LogP contribution in [0.25, 0.3) is 0 Å². The van der Waals surface area contributed by atoms with Crippen LogP contribution in [0.3, 0.4) is 0 Å². The largest absolute Gasteiger partial charge is 0.355 e. The molecular weight excluding hydrogens is 314 g/mol. The summed E-state index contributed by atoms with van der Waals surface area (Å²) in [5.74, 6) is 0.314. The molecule has 2 heterocycles. The Balaban J connectivity index is 0.00000242. The summed E-state index contributed by atoms with van der Waals surface area (Å²) in [6, 6.07) is 0. The quantitative estimate of drug-likeness (QED) is 0.864. The Hall–Kier alpha value is -1.21. The molecule has 1 unspecified atom stereocenters. The molecule has 2 N–H and O–H groups in total. The Morgan fingerprint density at radius 2 is 2.23 bits per heavy atom. The van der Waals surface area contributed by atoms with Gasteiger partial charge >= 0.3 is 6.55 Å². The summed E-state index contributed by atoms with van der Waals surface area (Å²) in [6.07, 6.45) is 2.33. The maximum absolute atomic E-state index is 12.7. The first-order valence-corrected chi connectivity index (χ1v) is 7.29. The van der Waals surface area contributed by atoms with Crippen molar-refractivity contribution in [3.05, 3.63) is 17.0 Å². The summed E-state index contributed by atoms with van der Waals surface area (Å²) in [6.45, 7) is 3.14. The summed E-state index contributed by atoms with van der Waals surface area (Å²) in [7, 11) is 0. The van der Waals surface area contributed by atoms with Gasteiger partial charge in [0.1, 0.15) is 0 Å². The Labute approximate surface area is 135 Å². The Morgan fingerprint density at radius 1 is 1.50 bits per heavy atom. The zero-order valence-electron chi connectivity index (χ0n) is 12.9. The van der Waals surface area contributed by atoms with Crippen LogP contribution in [0, 0.1) is 19.8 Å². The van der Waals surface area contributed by atoms with Crippen LogP contribution in [-0.4, -0.2) is 35.3 Å². The molecule has 1 aromatic heterocycles. The third-order valence-electron chi connectivity index (χ3n) is 3.98. The molecule has 5 nitrogen and oxygen atoms in total. The van der Waals surface area contributed by atoms with Crippen LogP contribution in [0.1, 0.15) is 36.3 Å². The van der Waals surface area contributed by atoms with Crippen LogP contribution in [0.2, 0.25) is 0 Å². The second-order valence-corrected chi connectivity index (χ2v) is 5.56. The highest BCUT2D eigenvalue weighted by Crippen LogP contribution is 2.19. The fourth-order valence-electron chi connectivity index (χ4n) is 2.72. The normalized spacial score (nSPS) is 18.1. The molecule has 1 aliphatic rings. The third-order valence-corrected chi connectivity index (χ3v) is 3.98. The molecule has 0 spiro atoms. The number of carbonyl (C=O) groups excluding carboxylic acids is 1. The van der Waals surface area contributed by atoms with Crippen molar-refractivity contribution < 1.29 is 13.6 Å². The van der Waals surface area contributed by atoms with E-state index in [9.17, 15) is 13.6 Å². The van der Waals surface area contributed by atoms with Crippen LogP contribution < -0.4 is 10.6 Å². The van der Waals surface area contributed by atoms with Gasteiger partial charge < -0.3 is 10.6 Å². The minimum atomic E-state index is -2.67. The van der Waals surface area contributed by atoms with Gasteiger partial charge in [-0.05, 0) is 45.7 Å². The highest BCUT2D eigenvalue weighted by Gasteiger charge is 2.20. The number of alkyl halides is 2. The summed E-state index contributed by atoms with van der Waals surface area (Å²) in [5, 5.41) is 9.97. The van der Waals surface area contributed by atoms with E-state index >= 15 is 0 Å². The monoisotopic (exact) mass is 336 g/mol. The second kappa shape index (κ2) is 8.43. The van der Waals surface area contributed by atoms with Gasteiger partial charge in [-0.15, -0.1) is 12.4 Å². The van der Waals surface area contributed by atoms with Gasteiger partial charge in [0, 0.05) is 17.8 Å². The van der Waals surface area contributed by atoms with Crippen molar-refractivity contribution in [3.63, 3.8) is 0 Å². The number of amides is 1. The lowest BCUT2D eigenvalue weighted by molar-refractivity contribution is -0.120. The first-order valence-electron chi connectivity index (χ1n) is 7.29. The van der Waals surface area contributed by atoms with Crippen LogP contribution in [-0.2, 0) is 11.2 Å². The number of nitrogens with one attached hydrogen (secondary N) is 2. The Morgan fingerprint density at radius 3 is 2.77 bits per heavy atom. The van der Waals surface area contributed by atoms with Gasteiger partial charge in [0.15, 0.2) is 0 Å². The minimum Gasteiger partial charge on any atom is -0.355 e. The van der Waals surface area contributed by atoms with Gasteiger partial charge in [-0.25, -0.2) is 4.68 Å². The maximum Gasteiger partial charge on any atom is 0.333 e. The van der Waals surface area contributed by atoms with Crippen LogP contribution in [0.5, 0.6) is 0 Å². The molecule has 0 aliphatic carbocycles. The second-order valence-electron chi connectivity index (χ2n) is 5.56. The number of halogens is 3. The molecule has 22 heavy (non-hydrogen) atoms. The van der Waals surface area contributed by atoms with Gasteiger partial charge in [-0.1, -0.05) is 0 Å². The number of hydrogen-bond acceptors (Lipinski definition) is 3. The van der Waals surface area contributed by atoms with E-state index in [1.165, 1.54) is 0 Å². The van der Waals surface area contributed by atoms with Gasteiger partial charge in [-0.3, -0.25) is 4.79 Å². The van der Waals surface area contributed by atoms with Crippen LogP contribution >= 0.6 is 12.4 Å². The predicted octanol–water partition coefficient (Wildman–Crippen LogP) is 1.98. The SMILES string of the molecule is Cc1nn(C(F)F)c(C)c1CC(=O)NCC1CCCNC1.Cl. The number of piperidine rings is 1. The predicted molar refractivity (Wildman–Crippen MR) is 82.5 cm³/mol. The van der Waals surface area contributed by atoms with Gasteiger partial charge in [0.25, 0.3) is 0 Å². The van der Waals surface area contributed by atoms with Crippen molar-refractivity contribution in [1.29, 1.82) is 0 Å². The molecule has 8 heteroatoms. The highest BCUT2D eigenvalue weighted by molar-refractivity contribution is 5.85. The average Bonchev–Trinajstić information content (AvgIpc) is 2.74. The van der Waals surface area contributed by atoms with Crippen molar-refractivity contribution in [1.82, 2.24) is 20.4 Å². The summed E-state index contributed by atoms with van der Waals surface area (Å²) < 4.78 is 26.2. The van der Waals surface area contributed by atoms with Crippen molar-refractivity contribution in [2.24, 2.45) is 5.92 Å². The lowest BCUT2D eigenvalue weighted by atomic mass is 9.99. The van der Waals surface area contributed by atoms with Crippen molar-refractivity contribution in [2.75, 3.05) is 19.6 Å². The molecule has 0 saturated carbocycles. The first kappa shape index (κ1) is 18.8.